The fourth-order valence-corrected chi connectivity index (χ4v) is 1.16. The van der Waals surface area contributed by atoms with Gasteiger partial charge in [0.15, 0.2) is 23.3 Å². The molecule has 0 aliphatic rings. The molecule has 3 N–H and O–H groups in total. The Bertz CT molecular complexity index is 362. The van der Waals surface area contributed by atoms with Gasteiger partial charge in [-0.15, -0.1) is 0 Å². The molecule has 1 aromatic rings. The second kappa shape index (κ2) is 5.57. The molecular weight excluding hydrogens is 218 g/mol. The van der Waals surface area contributed by atoms with E-state index in [1.165, 1.54) is 12.0 Å². The van der Waals surface area contributed by atoms with Crippen LogP contribution in [-0.2, 0) is 4.74 Å². The molecule has 0 aliphatic carbocycles. The van der Waals surface area contributed by atoms with E-state index in [0.717, 1.165) is 6.07 Å². The Morgan fingerprint density at radius 2 is 2.19 bits per heavy atom. The highest BCUT2D eigenvalue weighted by Gasteiger charge is 2.14. The number of halogens is 2. The number of likely N-dealkylation sites (N-methyl/N-ethyl adjacent to an activating group) is 1. The van der Waals surface area contributed by atoms with Crippen molar-refractivity contribution in [2.75, 3.05) is 37.6 Å². The van der Waals surface area contributed by atoms with Gasteiger partial charge in [-0.2, -0.15) is 0 Å². The van der Waals surface area contributed by atoms with Gasteiger partial charge in [0, 0.05) is 26.8 Å². The number of nitrogens with one attached hydrogen (secondary N) is 1. The van der Waals surface area contributed by atoms with Crippen LogP contribution in [0.15, 0.2) is 6.07 Å². The van der Waals surface area contributed by atoms with Gasteiger partial charge >= 0.3 is 0 Å². The number of hydrazine groups is 1. The van der Waals surface area contributed by atoms with E-state index in [2.05, 4.69) is 10.4 Å². The number of hydrogen-bond donors (Lipinski definition) is 2. The van der Waals surface area contributed by atoms with Crippen molar-refractivity contribution in [2.24, 2.45) is 5.84 Å². The van der Waals surface area contributed by atoms with E-state index < -0.39 is 11.6 Å². The Kier molecular flexibility index (Phi) is 4.39. The molecule has 7 heteroatoms. The molecular formula is C9H14F2N4O. The van der Waals surface area contributed by atoms with Gasteiger partial charge in [-0.05, 0) is 0 Å². The van der Waals surface area contributed by atoms with Crippen LogP contribution in [0.2, 0.25) is 0 Å². The number of ether oxygens (including phenoxy) is 1. The van der Waals surface area contributed by atoms with Crippen LogP contribution in [0, 0.1) is 11.6 Å². The second-order valence-electron chi connectivity index (χ2n) is 3.18. The van der Waals surface area contributed by atoms with Crippen LogP contribution < -0.4 is 16.2 Å². The predicted molar refractivity (Wildman–Crippen MR) is 57.1 cm³/mol. The molecule has 1 rings (SSSR count). The summed E-state index contributed by atoms with van der Waals surface area (Å²) in [7, 11) is 3.16. The monoisotopic (exact) mass is 232 g/mol. The van der Waals surface area contributed by atoms with E-state index in [0.29, 0.717) is 13.2 Å². The van der Waals surface area contributed by atoms with Gasteiger partial charge in [0.25, 0.3) is 0 Å². The second-order valence-corrected chi connectivity index (χ2v) is 3.18. The molecule has 0 radical (unpaired) electrons. The average molecular weight is 232 g/mol. The number of nitrogens with zero attached hydrogens (tertiary/aromatic N) is 2. The number of nitrogens with two attached hydrogens (primary N) is 1. The van der Waals surface area contributed by atoms with Crippen molar-refractivity contribution in [1.82, 2.24) is 4.98 Å². The Morgan fingerprint density at radius 3 is 2.75 bits per heavy atom. The molecule has 0 saturated carbocycles. The minimum absolute atomic E-state index is 0.0198. The SMILES string of the molecule is COCCN(C)c1nc(NN)c(F)cc1F. The molecule has 0 amide bonds. The van der Waals surface area contributed by atoms with Crippen LogP contribution in [0.3, 0.4) is 0 Å². The number of hydrogen-bond acceptors (Lipinski definition) is 5. The van der Waals surface area contributed by atoms with Gasteiger partial charge in [-0.1, -0.05) is 0 Å². The Labute approximate surface area is 92.2 Å². The van der Waals surface area contributed by atoms with E-state index in [-0.39, 0.29) is 11.6 Å². The summed E-state index contributed by atoms with van der Waals surface area (Å²) in [5.74, 6) is 3.31. The maximum atomic E-state index is 13.4. The van der Waals surface area contributed by atoms with Gasteiger partial charge in [0.2, 0.25) is 0 Å². The lowest BCUT2D eigenvalue weighted by Crippen LogP contribution is -2.25. The minimum atomic E-state index is -0.830. The predicted octanol–water partition coefficient (Wildman–Crippen LogP) is 0.728. The summed E-state index contributed by atoms with van der Waals surface area (Å²) in [5, 5.41) is 0. The maximum Gasteiger partial charge on any atom is 0.178 e. The lowest BCUT2D eigenvalue weighted by atomic mass is 10.3. The van der Waals surface area contributed by atoms with E-state index in [9.17, 15) is 8.78 Å². The topological polar surface area (TPSA) is 63.4 Å². The molecule has 5 nitrogen and oxygen atoms in total. The van der Waals surface area contributed by atoms with Crippen LogP contribution in [0.25, 0.3) is 0 Å². The van der Waals surface area contributed by atoms with Gasteiger partial charge < -0.3 is 15.1 Å². The summed E-state index contributed by atoms with van der Waals surface area (Å²) >= 11 is 0. The number of aromatic nitrogens is 1. The molecule has 0 aliphatic heterocycles. The number of pyridine rings is 1. The normalized spacial score (nSPS) is 10.3. The molecule has 0 bridgehead atoms. The summed E-state index contributed by atoms with van der Waals surface area (Å²) < 4.78 is 31.3. The van der Waals surface area contributed by atoms with Crippen molar-refractivity contribution in [1.29, 1.82) is 0 Å². The number of nitrogen functional groups attached to an aromatic ring is 1. The first-order valence-corrected chi connectivity index (χ1v) is 4.63. The number of methoxy groups -OCH3 is 1. The molecule has 90 valence electrons. The molecule has 0 aromatic carbocycles. The molecule has 0 saturated heterocycles. The zero-order chi connectivity index (χ0) is 12.1. The van der Waals surface area contributed by atoms with Crippen molar-refractivity contribution in [3.8, 4) is 0 Å². The largest absolute Gasteiger partial charge is 0.383 e. The quantitative estimate of drug-likeness (QED) is 0.578. The number of rotatable bonds is 5. The maximum absolute atomic E-state index is 13.4. The van der Waals surface area contributed by atoms with Crippen LogP contribution >= 0.6 is 0 Å². The molecule has 0 fully saturated rings. The zero-order valence-electron chi connectivity index (χ0n) is 9.13. The Balaban J connectivity index is 2.94. The third-order valence-corrected chi connectivity index (χ3v) is 2.04. The zero-order valence-corrected chi connectivity index (χ0v) is 9.13. The van der Waals surface area contributed by atoms with Crippen molar-refractivity contribution >= 4 is 11.6 Å². The van der Waals surface area contributed by atoms with Gasteiger partial charge in [0.05, 0.1) is 6.61 Å². The van der Waals surface area contributed by atoms with Crippen molar-refractivity contribution in [3.05, 3.63) is 17.7 Å². The summed E-state index contributed by atoms with van der Waals surface area (Å²) in [6.45, 7) is 0.858. The third kappa shape index (κ3) is 2.77. The molecule has 1 aromatic heterocycles. The van der Waals surface area contributed by atoms with E-state index >= 15 is 0 Å². The van der Waals surface area contributed by atoms with Crippen molar-refractivity contribution in [3.63, 3.8) is 0 Å². The summed E-state index contributed by atoms with van der Waals surface area (Å²) in [6.07, 6.45) is 0. The first-order chi connectivity index (χ1) is 7.60. The van der Waals surface area contributed by atoms with E-state index in [4.69, 9.17) is 10.6 Å². The summed E-state index contributed by atoms with van der Waals surface area (Å²) in [5.41, 5.74) is 2.06. The summed E-state index contributed by atoms with van der Waals surface area (Å²) in [4.78, 5) is 5.24. The van der Waals surface area contributed by atoms with Gasteiger partial charge in [0.1, 0.15) is 0 Å². The minimum Gasteiger partial charge on any atom is -0.383 e. The lowest BCUT2D eigenvalue weighted by molar-refractivity contribution is 0.206. The van der Waals surface area contributed by atoms with Crippen molar-refractivity contribution in [2.45, 2.75) is 0 Å². The van der Waals surface area contributed by atoms with Gasteiger partial charge in [-0.25, -0.2) is 19.6 Å². The average Bonchev–Trinajstić information content (AvgIpc) is 2.26. The standard InChI is InChI=1S/C9H14F2N4O/c1-15(3-4-16-2)9-7(11)5-6(10)8(13-9)14-12/h5H,3-4,12H2,1-2H3,(H,13,14). The molecule has 0 spiro atoms. The Morgan fingerprint density at radius 1 is 1.50 bits per heavy atom. The van der Waals surface area contributed by atoms with Crippen LogP contribution in [0.4, 0.5) is 20.4 Å². The Hall–Kier alpha value is -1.47. The van der Waals surface area contributed by atoms with Crippen LogP contribution in [0.5, 0.6) is 0 Å². The fraction of sp³-hybridized carbons (Fsp3) is 0.444. The fourth-order valence-electron chi connectivity index (χ4n) is 1.16. The first-order valence-electron chi connectivity index (χ1n) is 4.63. The van der Waals surface area contributed by atoms with E-state index in [1.807, 2.05) is 0 Å². The number of anilines is 2. The lowest BCUT2D eigenvalue weighted by Gasteiger charge is -2.18. The molecule has 1 heterocycles. The van der Waals surface area contributed by atoms with Crippen molar-refractivity contribution < 1.29 is 13.5 Å². The third-order valence-electron chi connectivity index (χ3n) is 2.04. The van der Waals surface area contributed by atoms with E-state index in [1.54, 1.807) is 7.05 Å². The van der Waals surface area contributed by atoms with Crippen LogP contribution in [0.1, 0.15) is 0 Å². The first kappa shape index (κ1) is 12.6. The molecule has 16 heavy (non-hydrogen) atoms. The highest BCUT2D eigenvalue weighted by atomic mass is 19.1. The molecule has 0 unspecified atom stereocenters. The van der Waals surface area contributed by atoms with Gasteiger partial charge in [-0.3, -0.25) is 0 Å². The molecule has 0 atom stereocenters. The highest BCUT2D eigenvalue weighted by molar-refractivity contribution is 5.48. The summed E-state index contributed by atoms with van der Waals surface area (Å²) in [6, 6.07) is 0.737. The highest BCUT2D eigenvalue weighted by Crippen LogP contribution is 2.20. The van der Waals surface area contributed by atoms with Crippen LogP contribution in [-0.4, -0.2) is 32.3 Å². The smallest absolute Gasteiger partial charge is 0.178 e.